The third kappa shape index (κ3) is 5.30. The highest BCUT2D eigenvalue weighted by Crippen LogP contribution is 2.41. The van der Waals surface area contributed by atoms with E-state index >= 15 is 0 Å². The zero-order valence-electron chi connectivity index (χ0n) is 13.8. The van der Waals surface area contributed by atoms with E-state index in [-0.39, 0.29) is 24.4 Å². The van der Waals surface area contributed by atoms with Crippen molar-refractivity contribution in [2.75, 3.05) is 5.32 Å². The Bertz CT molecular complexity index is 874. The number of rotatable bonds is 6. The number of hydrogen-bond donors (Lipinski definition) is 1. The fourth-order valence-electron chi connectivity index (χ4n) is 2.09. The fourth-order valence-corrected chi connectivity index (χ4v) is 2.36. The number of nitrogens with one attached hydrogen (secondary N) is 1. The van der Waals surface area contributed by atoms with Gasteiger partial charge in [0, 0.05) is 24.2 Å². The Labute approximate surface area is 156 Å². The van der Waals surface area contributed by atoms with E-state index in [4.69, 9.17) is 16.3 Å². The molecule has 11 heteroatoms. The van der Waals surface area contributed by atoms with Crippen molar-refractivity contribution in [3.8, 4) is 0 Å². The molecule has 2 rings (SSSR count). The molecule has 1 heterocycles. The lowest BCUT2D eigenvalue weighted by Gasteiger charge is -2.13. The number of hydrogen-bond acceptors (Lipinski definition) is 6. The minimum Gasteiger partial charge on any atom is -0.461 e. The molecule has 0 fully saturated rings. The highest BCUT2D eigenvalue weighted by molar-refractivity contribution is 6.31. The number of esters is 1. The predicted octanol–water partition coefficient (Wildman–Crippen LogP) is 4.86. The van der Waals surface area contributed by atoms with Crippen LogP contribution in [-0.4, -0.2) is 15.9 Å². The Kier molecular flexibility index (Phi) is 6.21. The summed E-state index contributed by atoms with van der Waals surface area (Å²) in [6.07, 6.45) is -1.91. The Morgan fingerprint density at radius 2 is 2.04 bits per heavy atom. The van der Waals surface area contributed by atoms with Crippen molar-refractivity contribution in [3.63, 3.8) is 0 Å². The first-order valence-electron chi connectivity index (χ1n) is 7.53. The maximum Gasteiger partial charge on any atom is 0.418 e. The fraction of sp³-hybridized carbons (Fsp3) is 0.250. The van der Waals surface area contributed by atoms with Crippen molar-refractivity contribution in [2.45, 2.75) is 26.1 Å². The van der Waals surface area contributed by atoms with Crippen molar-refractivity contribution in [1.29, 1.82) is 0 Å². The van der Waals surface area contributed by atoms with E-state index in [0.29, 0.717) is 11.6 Å². The van der Waals surface area contributed by atoms with Crippen LogP contribution in [0.5, 0.6) is 0 Å². The molecule has 0 saturated carbocycles. The quantitative estimate of drug-likeness (QED) is 0.420. The summed E-state index contributed by atoms with van der Waals surface area (Å²) < 4.78 is 43.7. The molecule has 27 heavy (non-hydrogen) atoms. The third-order valence-electron chi connectivity index (χ3n) is 3.35. The molecule has 7 nitrogen and oxygen atoms in total. The second-order valence-corrected chi connectivity index (χ2v) is 5.73. The maximum atomic E-state index is 12.9. The van der Waals surface area contributed by atoms with Gasteiger partial charge in [-0.3, -0.25) is 19.9 Å². The van der Waals surface area contributed by atoms with Crippen LogP contribution in [0.25, 0.3) is 0 Å². The largest absolute Gasteiger partial charge is 0.461 e. The highest BCUT2D eigenvalue weighted by atomic mass is 35.5. The number of carbonyl (C=O) groups excluding carboxylic acids is 1. The van der Waals surface area contributed by atoms with Crippen molar-refractivity contribution in [3.05, 3.63) is 56.9 Å². The summed E-state index contributed by atoms with van der Waals surface area (Å²) in [5.41, 5.74) is -1.60. The second kappa shape index (κ2) is 8.21. The summed E-state index contributed by atoms with van der Waals surface area (Å²) in [5, 5.41) is 13.1. The van der Waals surface area contributed by atoms with Gasteiger partial charge in [0.25, 0.3) is 5.69 Å². The molecule has 2 aromatic rings. The summed E-state index contributed by atoms with van der Waals surface area (Å²) >= 11 is 5.63. The number of anilines is 2. The van der Waals surface area contributed by atoms with Gasteiger partial charge in [-0.25, -0.2) is 0 Å². The molecule has 0 bridgehead atoms. The molecule has 0 radical (unpaired) electrons. The molecular formula is C16H13ClF3N3O4. The van der Waals surface area contributed by atoms with Gasteiger partial charge in [-0.05, 0) is 12.1 Å². The van der Waals surface area contributed by atoms with Gasteiger partial charge < -0.3 is 10.1 Å². The smallest absolute Gasteiger partial charge is 0.418 e. The number of nitro benzene ring substituents is 1. The SMILES string of the molecule is CCC(=O)OCc1cncc(Nc2cc(Cl)c(C(F)(F)F)cc2[N+](=O)[O-])c1. The number of nitrogens with zero attached hydrogens (tertiary/aromatic N) is 2. The zero-order valence-corrected chi connectivity index (χ0v) is 14.6. The molecule has 0 atom stereocenters. The Morgan fingerprint density at radius 1 is 1.33 bits per heavy atom. The molecule has 0 aliphatic carbocycles. The zero-order chi connectivity index (χ0) is 20.2. The van der Waals surface area contributed by atoms with Gasteiger partial charge in [-0.15, -0.1) is 0 Å². The standard InChI is InChI=1S/C16H13ClF3N3O4/c1-2-15(24)27-8-9-3-10(7-21-6-9)22-13-5-12(17)11(16(18,19)20)4-14(13)23(25)26/h3-7,22H,2,8H2,1H3. The molecule has 1 aromatic carbocycles. The van der Waals surface area contributed by atoms with Crippen LogP contribution in [0.4, 0.5) is 30.2 Å². The number of carbonyl (C=O) groups is 1. The lowest BCUT2D eigenvalue weighted by atomic mass is 10.1. The second-order valence-electron chi connectivity index (χ2n) is 5.33. The molecule has 1 N–H and O–H groups in total. The molecule has 0 spiro atoms. The normalized spacial score (nSPS) is 11.1. The first-order chi connectivity index (χ1) is 12.6. The Morgan fingerprint density at radius 3 is 2.63 bits per heavy atom. The summed E-state index contributed by atoms with van der Waals surface area (Å²) in [6.45, 7) is 1.57. The molecular weight excluding hydrogens is 391 g/mol. The summed E-state index contributed by atoms with van der Waals surface area (Å²) in [5.74, 6) is -0.418. The van der Waals surface area contributed by atoms with Gasteiger partial charge in [0.15, 0.2) is 0 Å². The van der Waals surface area contributed by atoms with Crippen molar-refractivity contribution < 1.29 is 27.6 Å². The van der Waals surface area contributed by atoms with Crippen molar-refractivity contribution in [1.82, 2.24) is 4.98 Å². The molecule has 1 aromatic heterocycles. The van der Waals surface area contributed by atoms with E-state index in [1.165, 1.54) is 18.5 Å². The average Bonchev–Trinajstić information content (AvgIpc) is 2.58. The first kappa shape index (κ1) is 20.4. The summed E-state index contributed by atoms with van der Waals surface area (Å²) in [6, 6.07) is 2.68. The van der Waals surface area contributed by atoms with Crippen LogP contribution in [0.15, 0.2) is 30.6 Å². The van der Waals surface area contributed by atoms with Crippen LogP contribution in [0.1, 0.15) is 24.5 Å². The Hall–Kier alpha value is -2.88. The average molecular weight is 404 g/mol. The van der Waals surface area contributed by atoms with Crippen molar-refractivity contribution >= 4 is 34.6 Å². The maximum absolute atomic E-state index is 12.9. The highest BCUT2D eigenvalue weighted by Gasteiger charge is 2.36. The summed E-state index contributed by atoms with van der Waals surface area (Å²) in [7, 11) is 0. The third-order valence-corrected chi connectivity index (χ3v) is 3.66. The van der Waals surface area contributed by atoms with Crippen molar-refractivity contribution in [2.24, 2.45) is 0 Å². The molecule has 144 valence electrons. The molecule has 0 aliphatic rings. The van der Waals surface area contributed by atoms with Crippen LogP contribution in [0, 0.1) is 10.1 Å². The monoisotopic (exact) mass is 403 g/mol. The van der Waals surface area contributed by atoms with Crippen LogP contribution in [0.3, 0.4) is 0 Å². The number of nitro groups is 1. The van der Waals surface area contributed by atoms with Gasteiger partial charge in [0.1, 0.15) is 12.3 Å². The number of halogens is 4. The summed E-state index contributed by atoms with van der Waals surface area (Å²) in [4.78, 5) is 25.3. The van der Waals surface area contributed by atoms with Crippen LogP contribution in [0.2, 0.25) is 5.02 Å². The lowest BCUT2D eigenvalue weighted by Crippen LogP contribution is -2.08. The van der Waals surface area contributed by atoms with Gasteiger partial charge in [0.2, 0.25) is 0 Å². The van der Waals surface area contributed by atoms with E-state index in [2.05, 4.69) is 10.3 Å². The van der Waals surface area contributed by atoms with E-state index in [1.807, 2.05) is 0 Å². The first-order valence-corrected chi connectivity index (χ1v) is 7.91. The number of alkyl halides is 3. The van der Waals surface area contributed by atoms with Crippen LogP contribution in [-0.2, 0) is 22.3 Å². The van der Waals surface area contributed by atoms with E-state index < -0.39 is 33.3 Å². The van der Waals surface area contributed by atoms with E-state index in [1.54, 1.807) is 6.92 Å². The van der Waals surface area contributed by atoms with Gasteiger partial charge in [0.05, 0.1) is 27.4 Å². The molecule has 0 amide bonds. The van der Waals surface area contributed by atoms with E-state index in [0.717, 1.165) is 6.07 Å². The molecule has 0 aliphatic heterocycles. The number of pyridine rings is 1. The topological polar surface area (TPSA) is 94.4 Å². The number of aromatic nitrogens is 1. The minimum atomic E-state index is -4.83. The van der Waals surface area contributed by atoms with Gasteiger partial charge in [-0.1, -0.05) is 18.5 Å². The number of benzene rings is 1. The minimum absolute atomic E-state index is 0.0644. The molecule has 0 unspecified atom stereocenters. The molecule has 0 saturated heterocycles. The van der Waals surface area contributed by atoms with E-state index in [9.17, 15) is 28.1 Å². The van der Waals surface area contributed by atoms with Crippen LogP contribution < -0.4 is 5.32 Å². The van der Waals surface area contributed by atoms with Crippen LogP contribution >= 0.6 is 11.6 Å². The number of ether oxygens (including phenoxy) is 1. The van der Waals surface area contributed by atoms with Gasteiger partial charge >= 0.3 is 12.1 Å². The lowest BCUT2D eigenvalue weighted by molar-refractivity contribution is -0.384. The van der Waals surface area contributed by atoms with Gasteiger partial charge in [-0.2, -0.15) is 13.2 Å². The predicted molar refractivity (Wildman–Crippen MR) is 90.7 cm³/mol. The Balaban J connectivity index is 2.33.